The van der Waals surface area contributed by atoms with Crippen LogP contribution in [0.4, 0.5) is 5.69 Å². The Morgan fingerprint density at radius 1 is 0.944 bits per heavy atom. The highest BCUT2D eigenvalue weighted by atomic mass is 32.2. The fourth-order valence-corrected chi connectivity index (χ4v) is 4.43. The molecule has 0 bridgehead atoms. The monoisotopic (exact) mass is 253 g/mol. The highest BCUT2D eigenvalue weighted by Gasteiger charge is 2.40. The summed E-state index contributed by atoms with van der Waals surface area (Å²) in [6.45, 7) is 0. The van der Waals surface area contributed by atoms with Gasteiger partial charge in [-0.15, -0.1) is 0 Å². The summed E-state index contributed by atoms with van der Waals surface area (Å²) >= 11 is 2.01. The van der Waals surface area contributed by atoms with E-state index in [1.807, 2.05) is 11.8 Å². The summed E-state index contributed by atoms with van der Waals surface area (Å²) in [4.78, 5) is 1.59. The molecule has 1 heterocycles. The highest BCUT2D eigenvalue weighted by Crippen LogP contribution is 2.50. The lowest BCUT2D eigenvalue weighted by atomic mass is 9.87. The maximum atomic E-state index is 3.75. The highest BCUT2D eigenvalue weighted by molar-refractivity contribution is 8.01. The van der Waals surface area contributed by atoms with Gasteiger partial charge in [0.05, 0.1) is 4.87 Å². The predicted octanol–water partition coefficient (Wildman–Crippen LogP) is 4.09. The first-order valence-corrected chi connectivity index (χ1v) is 7.29. The Balaban J connectivity index is 1.70. The van der Waals surface area contributed by atoms with E-state index in [1.54, 1.807) is 0 Å². The molecule has 0 fully saturated rings. The minimum atomic E-state index is 0.193. The molecule has 2 aromatic rings. The zero-order valence-electron chi connectivity index (χ0n) is 10.1. The summed E-state index contributed by atoms with van der Waals surface area (Å²) in [5, 5.41) is 3.75. The summed E-state index contributed by atoms with van der Waals surface area (Å²) in [5.74, 6) is 0. The zero-order valence-corrected chi connectivity index (χ0v) is 11.0. The van der Waals surface area contributed by atoms with Gasteiger partial charge in [0.25, 0.3) is 0 Å². The van der Waals surface area contributed by atoms with Crippen LogP contribution in [0.1, 0.15) is 17.5 Å². The molecule has 2 aromatic carbocycles. The molecular weight excluding hydrogens is 238 g/mol. The van der Waals surface area contributed by atoms with E-state index in [9.17, 15) is 0 Å². The van der Waals surface area contributed by atoms with Crippen molar-refractivity contribution in [1.82, 2.24) is 0 Å². The molecule has 18 heavy (non-hydrogen) atoms. The molecule has 0 saturated carbocycles. The van der Waals surface area contributed by atoms with E-state index in [0.29, 0.717) is 0 Å². The Kier molecular flexibility index (Phi) is 2.21. The van der Waals surface area contributed by atoms with E-state index in [2.05, 4.69) is 53.8 Å². The number of benzene rings is 2. The van der Waals surface area contributed by atoms with Crippen LogP contribution in [-0.2, 0) is 12.8 Å². The lowest BCUT2D eigenvalue weighted by Crippen LogP contribution is -2.37. The van der Waals surface area contributed by atoms with Gasteiger partial charge in [-0.05, 0) is 36.1 Å². The standard InChI is InChI=1S/C16H15NS/c1-2-6-13-11-16(10-9-12(13)5-1)17-14-7-3-4-8-15(14)18-16/h1-8,17H,9-11H2/t16-/m0/s1. The largest absolute Gasteiger partial charge is 0.369 e. The maximum absolute atomic E-state index is 3.75. The van der Waals surface area contributed by atoms with Crippen molar-refractivity contribution in [1.29, 1.82) is 0 Å². The summed E-state index contributed by atoms with van der Waals surface area (Å²) in [6.07, 6.45) is 3.52. The number of aryl methyl sites for hydroxylation is 1. The van der Waals surface area contributed by atoms with Crippen molar-refractivity contribution in [2.45, 2.75) is 29.0 Å². The number of thioether (sulfide) groups is 1. The number of rotatable bonds is 0. The lowest BCUT2D eigenvalue weighted by molar-refractivity contribution is 0.569. The fourth-order valence-electron chi connectivity index (χ4n) is 3.04. The van der Waals surface area contributed by atoms with Crippen molar-refractivity contribution >= 4 is 17.4 Å². The number of nitrogens with one attached hydrogen (secondary N) is 1. The summed E-state index contributed by atoms with van der Waals surface area (Å²) in [7, 11) is 0. The smallest absolute Gasteiger partial charge is 0.0924 e. The van der Waals surface area contributed by atoms with Gasteiger partial charge in [0, 0.05) is 17.0 Å². The van der Waals surface area contributed by atoms with Gasteiger partial charge in [-0.3, -0.25) is 0 Å². The maximum Gasteiger partial charge on any atom is 0.0924 e. The van der Waals surface area contributed by atoms with Gasteiger partial charge < -0.3 is 5.32 Å². The molecule has 0 aromatic heterocycles. The van der Waals surface area contributed by atoms with Gasteiger partial charge in [0.2, 0.25) is 0 Å². The normalized spacial score (nSPS) is 24.4. The summed E-state index contributed by atoms with van der Waals surface area (Å²) in [6, 6.07) is 17.5. The lowest BCUT2D eigenvalue weighted by Gasteiger charge is -2.34. The fraction of sp³-hybridized carbons (Fsp3) is 0.250. The van der Waals surface area contributed by atoms with Gasteiger partial charge >= 0.3 is 0 Å². The quantitative estimate of drug-likeness (QED) is 0.759. The van der Waals surface area contributed by atoms with E-state index in [-0.39, 0.29) is 4.87 Å². The van der Waals surface area contributed by atoms with Gasteiger partial charge in [-0.2, -0.15) is 0 Å². The molecule has 1 nitrogen and oxygen atoms in total. The second-order valence-corrected chi connectivity index (χ2v) is 6.59. The van der Waals surface area contributed by atoms with E-state index < -0.39 is 0 Å². The average molecular weight is 253 g/mol. The molecule has 0 amide bonds. The molecule has 1 spiro atoms. The van der Waals surface area contributed by atoms with Crippen molar-refractivity contribution in [2.24, 2.45) is 0 Å². The zero-order chi connectivity index (χ0) is 12.0. The second kappa shape index (κ2) is 3.79. The van der Waals surface area contributed by atoms with Gasteiger partial charge in [0.15, 0.2) is 0 Å². The Hall–Kier alpha value is -1.41. The van der Waals surface area contributed by atoms with Gasteiger partial charge in [0.1, 0.15) is 0 Å². The first-order chi connectivity index (χ1) is 8.85. The number of anilines is 1. The van der Waals surface area contributed by atoms with Crippen molar-refractivity contribution in [2.75, 3.05) is 5.32 Å². The minimum Gasteiger partial charge on any atom is -0.369 e. The van der Waals surface area contributed by atoms with Crippen LogP contribution in [0.2, 0.25) is 0 Å². The van der Waals surface area contributed by atoms with Crippen LogP contribution >= 0.6 is 11.8 Å². The van der Waals surface area contributed by atoms with Crippen molar-refractivity contribution < 1.29 is 0 Å². The third-order valence-electron chi connectivity index (χ3n) is 3.95. The Labute approximate surface area is 112 Å². The van der Waals surface area contributed by atoms with Crippen molar-refractivity contribution in [3.8, 4) is 0 Å². The molecule has 0 saturated heterocycles. The molecule has 1 atom stereocenters. The van der Waals surface area contributed by atoms with E-state index in [1.165, 1.54) is 34.6 Å². The molecule has 2 heteroatoms. The number of para-hydroxylation sites is 1. The van der Waals surface area contributed by atoms with Crippen LogP contribution in [0.5, 0.6) is 0 Å². The van der Waals surface area contributed by atoms with E-state index in [0.717, 1.165) is 6.42 Å². The Morgan fingerprint density at radius 2 is 1.72 bits per heavy atom. The van der Waals surface area contributed by atoms with Gasteiger partial charge in [-0.1, -0.05) is 48.2 Å². The van der Waals surface area contributed by atoms with Crippen LogP contribution in [0, 0.1) is 0 Å². The number of hydrogen-bond acceptors (Lipinski definition) is 2. The molecular formula is C16H15NS. The van der Waals surface area contributed by atoms with Crippen LogP contribution in [0.15, 0.2) is 53.4 Å². The van der Waals surface area contributed by atoms with Crippen LogP contribution in [0.25, 0.3) is 0 Å². The molecule has 1 aliphatic heterocycles. The molecule has 2 aliphatic rings. The van der Waals surface area contributed by atoms with E-state index >= 15 is 0 Å². The Morgan fingerprint density at radius 3 is 2.61 bits per heavy atom. The van der Waals surface area contributed by atoms with Crippen molar-refractivity contribution in [3.05, 3.63) is 59.7 Å². The summed E-state index contributed by atoms with van der Waals surface area (Å²) < 4.78 is 0. The third kappa shape index (κ3) is 1.56. The first-order valence-electron chi connectivity index (χ1n) is 6.48. The van der Waals surface area contributed by atoms with Crippen LogP contribution < -0.4 is 5.32 Å². The Bertz CT molecular complexity index is 581. The van der Waals surface area contributed by atoms with Crippen molar-refractivity contribution in [3.63, 3.8) is 0 Å². The molecule has 1 N–H and O–H groups in total. The molecule has 1 aliphatic carbocycles. The van der Waals surface area contributed by atoms with Crippen LogP contribution in [-0.4, -0.2) is 4.87 Å². The van der Waals surface area contributed by atoms with E-state index in [4.69, 9.17) is 0 Å². The van der Waals surface area contributed by atoms with Gasteiger partial charge in [-0.25, -0.2) is 0 Å². The molecule has 90 valence electrons. The first kappa shape index (κ1) is 10.5. The summed E-state index contributed by atoms with van der Waals surface area (Å²) in [5.41, 5.74) is 4.35. The molecule has 4 rings (SSSR count). The predicted molar refractivity (Wildman–Crippen MR) is 77.1 cm³/mol. The molecule has 0 unspecified atom stereocenters. The van der Waals surface area contributed by atoms with Crippen LogP contribution in [0.3, 0.4) is 0 Å². The SMILES string of the molecule is c1ccc2c(c1)CC[C@]1(C2)Nc2ccccc2S1. The number of fused-ring (bicyclic) bond motifs is 2. The average Bonchev–Trinajstić information content (AvgIpc) is 2.76. The topological polar surface area (TPSA) is 12.0 Å². The third-order valence-corrected chi connectivity index (χ3v) is 5.36. The number of hydrogen-bond donors (Lipinski definition) is 1. The molecule has 0 radical (unpaired) electrons. The minimum absolute atomic E-state index is 0.193. The second-order valence-electron chi connectivity index (χ2n) is 5.16.